The molecule has 0 atom stereocenters. The molecule has 0 spiro atoms. The number of hydrogen-bond donors (Lipinski definition) is 1. The van der Waals surface area contributed by atoms with Crippen molar-refractivity contribution >= 4 is 11.9 Å². The van der Waals surface area contributed by atoms with Crippen LogP contribution in [0.5, 0.6) is 0 Å². The molecule has 8 nitrogen and oxygen atoms in total. The molecule has 2 heterocycles. The van der Waals surface area contributed by atoms with Gasteiger partial charge in [0.15, 0.2) is 5.82 Å². The molecule has 0 unspecified atom stereocenters. The van der Waals surface area contributed by atoms with Gasteiger partial charge in [0.25, 0.3) is 0 Å². The van der Waals surface area contributed by atoms with Crippen molar-refractivity contribution in [2.75, 3.05) is 24.4 Å². The van der Waals surface area contributed by atoms with Crippen molar-refractivity contribution in [3.63, 3.8) is 0 Å². The number of methoxy groups -OCH3 is 1. The predicted molar refractivity (Wildman–Crippen MR) is 118 cm³/mol. The standard InChI is InChI=1S/C22H29F4N7O/c1-34-13-7-14-6-12-28-17(29-14)18-30-19(27)32-20(31-18)33(15-2-8-21(23,24)9-3-15)16-4-10-22(25,26)11-5-16/h6,12,15-16H,2-5,7-11,13H2,1H3,(H2,27,30,31,32). The van der Waals surface area contributed by atoms with E-state index in [1.54, 1.807) is 19.4 Å². The van der Waals surface area contributed by atoms with Crippen LogP contribution in [0.25, 0.3) is 11.6 Å². The number of hydrogen-bond acceptors (Lipinski definition) is 8. The summed E-state index contributed by atoms with van der Waals surface area (Å²) < 4.78 is 60.5. The van der Waals surface area contributed by atoms with Crippen molar-refractivity contribution < 1.29 is 22.3 Å². The summed E-state index contributed by atoms with van der Waals surface area (Å²) in [6.07, 6.45) is 1.92. The topological polar surface area (TPSA) is 103 Å². The maximum Gasteiger partial charge on any atom is 0.248 e. The lowest BCUT2D eigenvalue weighted by Crippen LogP contribution is -2.50. The molecule has 0 aromatic carbocycles. The molecule has 0 radical (unpaired) electrons. The molecule has 2 aromatic heterocycles. The lowest BCUT2D eigenvalue weighted by molar-refractivity contribution is -0.0459. The monoisotopic (exact) mass is 483 g/mol. The summed E-state index contributed by atoms with van der Waals surface area (Å²) >= 11 is 0. The summed E-state index contributed by atoms with van der Waals surface area (Å²) in [5, 5.41) is 0. The summed E-state index contributed by atoms with van der Waals surface area (Å²) in [6, 6.07) is 1.14. The highest BCUT2D eigenvalue weighted by molar-refractivity contribution is 5.50. The number of nitrogen functional groups attached to an aromatic ring is 1. The average molecular weight is 484 g/mol. The lowest BCUT2D eigenvalue weighted by atomic mass is 9.86. The molecule has 0 saturated heterocycles. The summed E-state index contributed by atoms with van der Waals surface area (Å²) in [5.41, 5.74) is 6.72. The summed E-state index contributed by atoms with van der Waals surface area (Å²) in [5.74, 6) is -4.93. The third kappa shape index (κ3) is 5.89. The number of nitrogens with zero attached hydrogens (tertiary/aromatic N) is 6. The Morgan fingerprint density at radius 3 is 2.06 bits per heavy atom. The molecule has 0 aliphatic heterocycles. The van der Waals surface area contributed by atoms with Crippen LogP contribution in [0.3, 0.4) is 0 Å². The second-order valence-electron chi connectivity index (χ2n) is 9.01. The number of anilines is 2. The van der Waals surface area contributed by atoms with E-state index in [2.05, 4.69) is 24.9 Å². The van der Waals surface area contributed by atoms with Gasteiger partial charge in [-0.1, -0.05) is 0 Å². The number of halogens is 4. The van der Waals surface area contributed by atoms with Crippen LogP contribution in [-0.4, -0.2) is 62.6 Å². The van der Waals surface area contributed by atoms with E-state index >= 15 is 0 Å². The van der Waals surface area contributed by atoms with E-state index in [4.69, 9.17) is 10.5 Å². The first-order chi connectivity index (χ1) is 16.2. The Balaban J connectivity index is 1.67. The quantitative estimate of drug-likeness (QED) is 0.588. The molecular weight excluding hydrogens is 454 g/mol. The van der Waals surface area contributed by atoms with Gasteiger partial charge in [0.05, 0.1) is 6.61 Å². The Labute approximate surface area is 195 Å². The molecule has 12 heteroatoms. The van der Waals surface area contributed by atoms with Crippen molar-refractivity contribution in [1.82, 2.24) is 24.9 Å². The highest BCUT2D eigenvalue weighted by atomic mass is 19.3. The van der Waals surface area contributed by atoms with Crippen LogP contribution >= 0.6 is 0 Å². The van der Waals surface area contributed by atoms with Crippen molar-refractivity contribution in [3.8, 4) is 11.6 Å². The molecule has 2 aliphatic rings. The number of ether oxygens (including phenoxy) is 1. The van der Waals surface area contributed by atoms with Crippen molar-refractivity contribution in [2.24, 2.45) is 0 Å². The first-order valence-electron chi connectivity index (χ1n) is 11.5. The highest BCUT2D eigenvalue weighted by Crippen LogP contribution is 2.41. The smallest absolute Gasteiger partial charge is 0.248 e. The Morgan fingerprint density at radius 1 is 0.912 bits per heavy atom. The fourth-order valence-electron chi connectivity index (χ4n) is 4.68. The molecule has 4 rings (SSSR count). The maximum absolute atomic E-state index is 13.9. The molecule has 2 aliphatic carbocycles. The van der Waals surface area contributed by atoms with E-state index in [9.17, 15) is 17.6 Å². The van der Waals surface area contributed by atoms with Crippen LogP contribution in [0.15, 0.2) is 12.3 Å². The molecule has 0 bridgehead atoms. The zero-order chi connectivity index (χ0) is 24.3. The lowest BCUT2D eigenvalue weighted by Gasteiger charge is -2.43. The van der Waals surface area contributed by atoms with Gasteiger partial charge in [-0.15, -0.1) is 0 Å². The van der Waals surface area contributed by atoms with E-state index in [0.29, 0.717) is 13.0 Å². The fraction of sp³-hybridized carbons (Fsp3) is 0.682. The molecule has 186 valence electrons. The number of alkyl halides is 4. The number of rotatable bonds is 7. The van der Waals surface area contributed by atoms with Gasteiger partial charge in [0, 0.05) is 63.2 Å². The normalized spacial score (nSPS) is 20.9. The third-order valence-corrected chi connectivity index (χ3v) is 6.51. The Morgan fingerprint density at radius 2 is 1.50 bits per heavy atom. The van der Waals surface area contributed by atoms with Crippen molar-refractivity contribution in [1.29, 1.82) is 0 Å². The van der Waals surface area contributed by atoms with E-state index in [1.165, 1.54) is 0 Å². The maximum atomic E-state index is 13.9. The van der Waals surface area contributed by atoms with E-state index in [1.807, 2.05) is 4.90 Å². The fourth-order valence-corrected chi connectivity index (χ4v) is 4.68. The zero-order valence-electron chi connectivity index (χ0n) is 19.1. The highest BCUT2D eigenvalue weighted by Gasteiger charge is 2.43. The van der Waals surface area contributed by atoms with Gasteiger partial charge >= 0.3 is 0 Å². The average Bonchev–Trinajstić information content (AvgIpc) is 2.80. The molecule has 0 amide bonds. The van der Waals surface area contributed by atoms with Crippen LogP contribution in [-0.2, 0) is 11.2 Å². The Kier molecular flexibility index (Phi) is 7.15. The first kappa shape index (κ1) is 24.5. The van der Waals surface area contributed by atoms with Gasteiger partial charge in [-0.05, 0) is 31.7 Å². The van der Waals surface area contributed by atoms with Gasteiger partial charge in [0.2, 0.25) is 29.6 Å². The van der Waals surface area contributed by atoms with E-state index in [-0.39, 0.29) is 87.0 Å². The van der Waals surface area contributed by atoms with Crippen LogP contribution in [0.1, 0.15) is 57.1 Å². The van der Waals surface area contributed by atoms with Gasteiger partial charge in [-0.3, -0.25) is 0 Å². The number of aromatic nitrogens is 5. The molecule has 2 aromatic rings. The molecule has 2 saturated carbocycles. The summed E-state index contributed by atoms with van der Waals surface area (Å²) in [6.45, 7) is 0.480. The largest absolute Gasteiger partial charge is 0.384 e. The predicted octanol–water partition coefficient (Wildman–Crippen LogP) is 4.06. The van der Waals surface area contributed by atoms with Gasteiger partial charge < -0.3 is 15.4 Å². The second kappa shape index (κ2) is 9.93. The number of nitrogens with two attached hydrogens (primary N) is 1. The minimum atomic E-state index is -2.72. The third-order valence-electron chi connectivity index (χ3n) is 6.51. The van der Waals surface area contributed by atoms with Gasteiger partial charge in [-0.25, -0.2) is 27.5 Å². The second-order valence-corrected chi connectivity index (χ2v) is 9.01. The molecule has 34 heavy (non-hydrogen) atoms. The minimum absolute atomic E-state index is 0.0711. The molecule has 2 fully saturated rings. The van der Waals surface area contributed by atoms with Crippen molar-refractivity contribution in [2.45, 2.75) is 81.7 Å². The van der Waals surface area contributed by atoms with Gasteiger partial charge in [-0.2, -0.15) is 15.0 Å². The van der Waals surface area contributed by atoms with Crippen LogP contribution in [0, 0.1) is 0 Å². The van der Waals surface area contributed by atoms with Crippen molar-refractivity contribution in [3.05, 3.63) is 18.0 Å². The Hall–Kier alpha value is -2.63. The van der Waals surface area contributed by atoms with Crippen LogP contribution < -0.4 is 10.6 Å². The summed E-state index contributed by atoms with van der Waals surface area (Å²) in [4.78, 5) is 23.5. The zero-order valence-corrected chi connectivity index (χ0v) is 19.1. The van der Waals surface area contributed by atoms with E-state index in [0.717, 1.165) is 5.69 Å². The minimum Gasteiger partial charge on any atom is -0.384 e. The van der Waals surface area contributed by atoms with E-state index < -0.39 is 11.8 Å². The van der Waals surface area contributed by atoms with Gasteiger partial charge in [0.1, 0.15) is 0 Å². The first-order valence-corrected chi connectivity index (χ1v) is 11.5. The molecular formula is C22H29F4N7O. The van der Waals surface area contributed by atoms with Crippen LogP contribution in [0.2, 0.25) is 0 Å². The SMILES string of the molecule is COCCc1ccnc(-c2nc(N)nc(N(C3CCC(F)(F)CC3)C3CCC(F)(F)CC3)n2)n1. The van der Waals surface area contributed by atoms with Crippen LogP contribution in [0.4, 0.5) is 29.5 Å². The Bertz CT molecular complexity index is 945. The molecule has 2 N–H and O–H groups in total. The summed E-state index contributed by atoms with van der Waals surface area (Å²) in [7, 11) is 1.60.